The maximum absolute atomic E-state index is 12.4. The molecule has 2 saturated heterocycles. The highest BCUT2D eigenvalue weighted by atomic mass is 32.1. The van der Waals surface area contributed by atoms with Crippen LogP contribution < -0.4 is 15.8 Å². The highest BCUT2D eigenvalue weighted by Crippen LogP contribution is 2.31. The third kappa shape index (κ3) is 4.39. The fourth-order valence-electron chi connectivity index (χ4n) is 3.44. The number of ether oxygens (including phenoxy) is 1. The summed E-state index contributed by atoms with van der Waals surface area (Å²) >= 11 is 1.30. The first-order chi connectivity index (χ1) is 13.6. The lowest BCUT2D eigenvalue weighted by molar-refractivity contribution is -0.117. The van der Waals surface area contributed by atoms with E-state index in [9.17, 15) is 9.59 Å². The molecule has 1 atom stereocenters. The van der Waals surface area contributed by atoms with Gasteiger partial charge in [0.2, 0.25) is 11.0 Å². The molecule has 150 valence electrons. The molecule has 0 radical (unpaired) electrons. The second-order valence-corrected chi connectivity index (χ2v) is 8.36. The van der Waals surface area contributed by atoms with E-state index in [0.29, 0.717) is 11.0 Å². The molecular formula is C18H24N6O3S. The van der Waals surface area contributed by atoms with Crippen molar-refractivity contribution in [2.24, 2.45) is 5.92 Å². The molecule has 0 aliphatic carbocycles. The van der Waals surface area contributed by atoms with Crippen LogP contribution >= 0.6 is 11.3 Å². The third-order valence-corrected chi connectivity index (χ3v) is 6.08. The highest BCUT2D eigenvalue weighted by Gasteiger charge is 2.23. The summed E-state index contributed by atoms with van der Waals surface area (Å²) in [6, 6.07) is 3.19. The number of amides is 1. The van der Waals surface area contributed by atoms with Crippen molar-refractivity contribution in [1.29, 1.82) is 0 Å². The Balaban J connectivity index is 1.40. The van der Waals surface area contributed by atoms with Crippen molar-refractivity contribution in [2.45, 2.75) is 45.3 Å². The fourth-order valence-corrected chi connectivity index (χ4v) is 4.28. The monoisotopic (exact) mass is 404 g/mol. The van der Waals surface area contributed by atoms with Crippen LogP contribution in [0.1, 0.15) is 43.7 Å². The van der Waals surface area contributed by atoms with Gasteiger partial charge in [-0.3, -0.25) is 14.9 Å². The average molecular weight is 404 g/mol. The van der Waals surface area contributed by atoms with Gasteiger partial charge in [0.05, 0.1) is 0 Å². The van der Waals surface area contributed by atoms with Crippen LogP contribution in [0.4, 0.5) is 10.9 Å². The first-order valence-corrected chi connectivity index (χ1v) is 10.5. The largest absolute Gasteiger partial charge is 0.371 e. The number of hydrogen-bond acceptors (Lipinski definition) is 8. The molecule has 2 aromatic rings. The molecule has 9 nitrogen and oxygen atoms in total. The zero-order valence-corrected chi connectivity index (χ0v) is 16.7. The van der Waals surface area contributed by atoms with Gasteiger partial charge in [0.25, 0.3) is 5.56 Å². The molecule has 1 amide bonds. The Morgan fingerprint density at radius 3 is 2.86 bits per heavy atom. The summed E-state index contributed by atoms with van der Waals surface area (Å²) in [4.78, 5) is 26.7. The van der Waals surface area contributed by atoms with Crippen LogP contribution in [0.2, 0.25) is 0 Å². The molecular weight excluding hydrogens is 380 g/mol. The van der Waals surface area contributed by atoms with Gasteiger partial charge in [0.1, 0.15) is 23.5 Å². The summed E-state index contributed by atoms with van der Waals surface area (Å²) in [5.74, 6) is 1.09. The lowest BCUT2D eigenvalue weighted by Gasteiger charge is -2.31. The Hall–Kier alpha value is -2.33. The van der Waals surface area contributed by atoms with Crippen molar-refractivity contribution >= 4 is 28.2 Å². The molecule has 0 bridgehead atoms. The normalized spacial score (nSPS) is 20.5. The second kappa shape index (κ2) is 8.36. The van der Waals surface area contributed by atoms with Crippen LogP contribution in [0.15, 0.2) is 16.9 Å². The number of hydrogen-bond donors (Lipinski definition) is 1. The van der Waals surface area contributed by atoms with Crippen LogP contribution in [0, 0.1) is 5.92 Å². The van der Waals surface area contributed by atoms with Gasteiger partial charge in [-0.2, -0.15) is 5.10 Å². The van der Waals surface area contributed by atoms with Gasteiger partial charge >= 0.3 is 0 Å². The van der Waals surface area contributed by atoms with Crippen LogP contribution in [0.5, 0.6) is 0 Å². The Kier molecular flexibility index (Phi) is 5.67. The molecule has 2 fully saturated rings. The Bertz CT molecular complexity index is 883. The van der Waals surface area contributed by atoms with E-state index in [1.54, 1.807) is 6.07 Å². The third-order valence-electron chi connectivity index (χ3n) is 5.15. The van der Waals surface area contributed by atoms with Crippen LogP contribution in [-0.2, 0) is 16.1 Å². The van der Waals surface area contributed by atoms with Gasteiger partial charge in [-0.1, -0.05) is 18.3 Å². The summed E-state index contributed by atoms with van der Waals surface area (Å²) in [5.41, 5.74) is -0.304. The van der Waals surface area contributed by atoms with E-state index < -0.39 is 0 Å². The van der Waals surface area contributed by atoms with Crippen molar-refractivity contribution in [2.75, 3.05) is 29.9 Å². The van der Waals surface area contributed by atoms with Crippen molar-refractivity contribution in [3.05, 3.63) is 27.5 Å². The predicted octanol–water partition coefficient (Wildman–Crippen LogP) is 1.82. The van der Waals surface area contributed by atoms with Gasteiger partial charge < -0.3 is 9.64 Å². The van der Waals surface area contributed by atoms with E-state index in [0.717, 1.165) is 56.2 Å². The summed E-state index contributed by atoms with van der Waals surface area (Å²) in [5, 5.41) is 16.4. The smallest absolute Gasteiger partial charge is 0.267 e. The molecule has 2 aliphatic heterocycles. The van der Waals surface area contributed by atoms with Gasteiger partial charge in [-0.15, -0.1) is 10.2 Å². The zero-order valence-electron chi connectivity index (χ0n) is 15.8. The maximum atomic E-state index is 12.4. The van der Waals surface area contributed by atoms with Gasteiger partial charge in [-0.25, -0.2) is 4.68 Å². The van der Waals surface area contributed by atoms with Crippen molar-refractivity contribution < 1.29 is 9.53 Å². The quantitative estimate of drug-likeness (QED) is 0.811. The Morgan fingerprint density at radius 1 is 1.29 bits per heavy atom. The van der Waals surface area contributed by atoms with Crippen LogP contribution in [-0.4, -0.2) is 45.6 Å². The van der Waals surface area contributed by atoms with Crippen LogP contribution in [0.3, 0.4) is 0 Å². The molecule has 28 heavy (non-hydrogen) atoms. The average Bonchev–Trinajstić information content (AvgIpc) is 3.36. The van der Waals surface area contributed by atoms with E-state index in [2.05, 4.69) is 32.4 Å². The molecule has 2 aliphatic rings. The summed E-state index contributed by atoms with van der Waals surface area (Å²) in [6.07, 6.45) is 4.10. The molecule has 0 saturated carbocycles. The van der Waals surface area contributed by atoms with Crippen molar-refractivity contribution in [1.82, 2.24) is 20.0 Å². The minimum Gasteiger partial charge on any atom is -0.371 e. The molecule has 0 aromatic carbocycles. The van der Waals surface area contributed by atoms with Crippen LogP contribution in [0.25, 0.3) is 0 Å². The van der Waals surface area contributed by atoms with E-state index in [1.807, 2.05) is 0 Å². The number of rotatable bonds is 5. The fraction of sp³-hybridized carbons (Fsp3) is 0.611. The first-order valence-electron chi connectivity index (χ1n) is 9.66. The number of aromatic nitrogens is 4. The standard InChI is InChI=1S/C18H24N6O3S/c1-12-6-8-23(9-7-12)14-4-5-16(26)24(22-14)11-15(25)19-18-21-20-17(28-18)13-3-2-10-27-13/h4-5,12-13H,2-3,6-11H2,1H3,(H,19,21,25). The summed E-state index contributed by atoms with van der Waals surface area (Å²) in [7, 11) is 0. The van der Waals surface area contributed by atoms with Gasteiger partial charge in [0, 0.05) is 25.8 Å². The lowest BCUT2D eigenvalue weighted by atomic mass is 9.99. The van der Waals surface area contributed by atoms with Gasteiger partial charge in [-0.05, 0) is 37.7 Å². The molecule has 1 unspecified atom stereocenters. The highest BCUT2D eigenvalue weighted by molar-refractivity contribution is 7.15. The minimum absolute atomic E-state index is 0.0311. The van der Waals surface area contributed by atoms with Crippen molar-refractivity contribution in [3.63, 3.8) is 0 Å². The number of anilines is 2. The lowest BCUT2D eigenvalue weighted by Crippen LogP contribution is -2.36. The minimum atomic E-state index is -0.353. The molecule has 4 heterocycles. The first kappa shape index (κ1) is 19.0. The Morgan fingerprint density at radius 2 is 2.11 bits per heavy atom. The van der Waals surface area contributed by atoms with E-state index in [1.165, 1.54) is 22.1 Å². The number of nitrogens with one attached hydrogen (secondary N) is 1. The second-order valence-electron chi connectivity index (χ2n) is 7.35. The van der Waals surface area contributed by atoms with E-state index >= 15 is 0 Å². The van der Waals surface area contributed by atoms with Crippen molar-refractivity contribution in [3.8, 4) is 0 Å². The molecule has 1 N–H and O–H groups in total. The number of carbonyl (C=O) groups is 1. The summed E-state index contributed by atoms with van der Waals surface area (Å²) in [6.45, 7) is 4.64. The number of piperidine rings is 1. The maximum Gasteiger partial charge on any atom is 0.267 e. The molecule has 2 aromatic heterocycles. The topological polar surface area (TPSA) is 102 Å². The number of nitrogens with zero attached hydrogens (tertiary/aromatic N) is 5. The molecule has 4 rings (SSSR count). The van der Waals surface area contributed by atoms with E-state index in [-0.39, 0.29) is 24.1 Å². The summed E-state index contributed by atoms with van der Waals surface area (Å²) < 4.78 is 6.78. The van der Waals surface area contributed by atoms with E-state index in [4.69, 9.17) is 4.74 Å². The Labute approximate surface area is 166 Å². The predicted molar refractivity (Wildman–Crippen MR) is 106 cm³/mol. The molecule has 10 heteroatoms. The molecule has 0 spiro atoms. The van der Waals surface area contributed by atoms with Gasteiger partial charge in [0.15, 0.2) is 0 Å². The SMILES string of the molecule is CC1CCN(c2ccc(=O)n(CC(=O)Nc3nnc(C4CCCO4)s3)n2)CC1. The zero-order chi connectivity index (χ0) is 19.5. The number of carbonyl (C=O) groups excluding carboxylic acids is 1.